The second kappa shape index (κ2) is 12.4. The zero-order valence-electron chi connectivity index (χ0n) is 19.2. The highest BCUT2D eigenvalue weighted by atomic mass is 32.2. The molecule has 2 heterocycles. The average molecular weight is 484 g/mol. The lowest BCUT2D eigenvalue weighted by Crippen LogP contribution is -2.38. The summed E-state index contributed by atoms with van der Waals surface area (Å²) in [7, 11) is 1.63. The molecule has 1 N–H and O–H groups in total. The predicted molar refractivity (Wildman–Crippen MR) is 130 cm³/mol. The highest BCUT2D eigenvalue weighted by Crippen LogP contribution is 2.21. The van der Waals surface area contributed by atoms with E-state index in [1.54, 1.807) is 13.4 Å². The molecule has 0 atom stereocenters. The normalized spacial score (nSPS) is 14.0. The third-order valence-corrected chi connectivity index (χ3v) is 6.31. The lowest BCUT2D eigenvalue weighted by atomic mass is 10.2. The second-order valence-corrected chi connectivity index (χ2v) is 8.64. The zero-order chi connectivity index (χ0) is 23.6. The van der Waals surface area contributed by atoms with Gasteiger partial charge in [0.05, 0.1) is 26.1 Å². The van der Waals surface area contributed by atoms with Crippen molar-refractivity contribution in [2.45, 2.75) is 11.7 Å². The Kier molecular flexibility index (Phi) is 8.78. The van der Waals surface area contributed by atoms with Crippen LogP contribution in [-0.4, -0.2) is 77.9 Å². The van der Waals surface area contributed by atoms with Gasteiger partial charge in [-0.1, -0.05) is 23.9 Å². The van der Waals surface area contributed by atoms with Crippen LogP contribution in [0.25, 0.3) is 5.69 Å². The second-order valence-electron chi connectivity index (χ2n) is 7.70. The number of nitrogens with zero attached hydrogens (tertiary/aromatic N) is 4. The van der Waals surface area contributed by atoms with E-state index >= 15 is 0 Å². The number of methoxy groups -OCH3 is 1. The van der Waals surface area contributed by atoms with Crippen LogP contribution in [-0.2, 0) is 16.1 Å². The van der Waals surface area contributed by atoms with Crippen LogP contribution in [0.3, 0.4) is 0 Å². The molecule has 0 spiro atoms. The van der Waals surface area contributed by atoms with Gasteiger partial charge in [-0.05, 0) is 42.0 Å². The number of rotatable bonds is 11. The van der Waals surface area contributed by atoms with Gasteiger partial charge < -0.3 is 19.5 Å². The molecule has 0 unspecified atom stereocenters. The van der Waals surface area contributed by atoms with Crippen LogP contribution in [0.5, 0.6) is 11.5 Å². The van der Waals surface area contributed by atoms with Gasteiger partial charge in [0.1, 0.15) is 24.4 Å². The van der Waals surface area contributed by atoms with Crippen molar-refractivity contribution in [2.24, 2.45) is 0 Å². The first kappa shape index (κ1) is 24.1. The number of benzene rings is 2. The average Bonchev–Trinajstić information content (AvgIpc) is 3.36. The maximum absolute atomic E-state index is 12.4. The number of hydrogen-bond donors (Lipinski definition) is 1. The Morgan fingerprint density at radius 3 is 2.76 bits per heavy atom. The lowest BCUT2D eigenvalue weighted by Gasteiger charge is -2.26. The van der Waals surface area contributed by atoms with Crippen molar-refractivity contribution in [3.8, 4) is 17.2 Å². The Balaban J connectivity index is 1.21. The predicted octanol–water partition coefficient (Wildman–Crippen LogP) is 2.40. The van der Waals surface area contributed by atoms with Crippen LogP contribution in [0.2, 0.25) is 0 Å². The number of morpholine rings is 1. The summed E-state index contributed by atoms with van der Waals surface area (Å²) in [6, 6.07) is 15.4. The van der Waals surface area contributed by atoms with Crippen molar-refractivity contribution < 1.29 is 19.0 Å². The van der Waals surface area contributed by atoms with E-state index in [-0.39, 0.29) is 11.7 Å². The largest absolute Gasteiger partial charge is 0.497 e. The van der Waals surface area contributed by atoms with Crippen LogP contribution >= 0.6 is 11.8 Å². The first-order chi connectivity index (χ1) is 16.7. The van der Waals surface area contributed by atoms with E-state index in [0.29, 0.717) is 18.3 Å². The van der Waals surface area contributed by atoms with E-state index in [4.69, 9.17) is 14.2 Å². The number of aromatic nitrogens is 3. The first-order valence-corrected chi connectivity index (χ1v) is 12.2. The van der Waals surface area contributed by atoms with E-state index in [1.165, 1.54) is 11.8 Å². The van der Waals surface area contributed by atoms with Crippen molar-refractivity contribution in [1.82, 2.24) is 25.0 Å². The smallest absolute Gasteiger partial charge is 0.230 e. The maximum Gasteiger partial charge on any atom is 0.230 e. The molecule has 9 nitrogen and oxygen atoms in total. The number of ether oxygens (including phenoxy) is 3. The lowest BCUT2D eigenvalue weighted by molar-refractivity contribution is -0.118. The first-order valence-electron chi connectivity index (χ1n) is 11.2. The fourth-order valence-electron chi connectivity index (χ4n) is 3.49. The summed E-state index contributed by atoms with van der Waals surface area (Å²) in [6.07, 6.45) is 1.63. The zero-order valence-corrected chi connectivity index (χ0v) is 20.0. The molecular weight excluding hydrogens is 454 g/mol. The van der Waals surface area contributed by atoms with Gasteiger partial charge in [0.2, 0.25) is 5.91 Å². The minimum absolute atomic E-state index is 0.0760. The Morgan fingerprint density at radius 2 is 1.97 bits per heavy atom. The number of nitrogens with one attached hydrogen (secondary N) is 1. The van der Waals surface area contributed by atoms with E-state index in [1.807, 2.05) is 53.1 Å². The number of thioether (sulfide) groups is 1. The molecule has 34 heavy (non-hydrogen) atoms. The summed E-state index contributed by atoms with van der Waals surface area (Å²) in [4.78, 5) is 14.8. The van der Waals surface area contributed by atoms with Gasteiger partial charge in [0.25, 0.3) is 0 Å². The number of carbonyl (C=O) groups is 1. The monoisotopic (exact) mass is 483 g/mol. The van der Waals surface area contributed by atoms with Gasteiger partial charge in [0, 0.05) is 31.9 Å². The van der Waals surface area contributed by atoms with Gasteiger partial charge in [-0.2, -0.15) is 0 Å². The molecule has 2 aromatic carbocycles. The van der Waals surface area contributed by atoms with Crippen LogP contribution in [0.4, 0.5) is 0 Å². The molecular formula is C24H29N5O4S. The molecule has 10 heteroatoms. The molecule has 1 amide bonds. The van der Waals surface area contributed by atoms with Crippen molar-refractivity contribution >= 4 is 17.7 Å². The number of carbonyl (C=O) groups excluding carboxylic acids is 1. The van der Waals surface area contributed by atoms with Gasteiger partial charge in [-0.3, -0.25) is 14.3 Å². The molecule has 0 aliphatic carbocycles. The molecule has 3 aromatic rings. The molecule has 180 valence electrons. The van der Waals surface area contributed by atoms with Crippen LogP contribution in [0, 0.1) is 0 Å². The summed E-state index contributed by atoms with van der Waals surface area (Å²) in [5.41, 5.74) is 1.89. The third-order valence-electron chi connectivity index (χ3n) is 5.37. The van der Waals surface area contributed by atoms with E-state index in [9.17, 15) is 4.79 Å². The summed E-state index contributed by atoms with van der Waals surface area (Å²) < 4.78 is 18.3. The van der Waals surface area contributed by atoms with Crippen molar-refractivity contribution in [3.63, 3.8) is 0 Å². The maximum atomic E-state index is 12.4. The SMILES string of the molecule is COc1ccc(-n2cnnc2SCC(=O)NCc2cccc(OCCN3CCOCC3)c2)cc1. The quantitative estimate of drug-likeness (QED) is 0.416. The minimum Gasteiger partial charge on any atom is -0.497 e. The van der Waals surface area contributed by atoms with Crippen LogP contribution in [0.1, 0.15) is 5.56 Å². The van der Waals surface area contributed by atoms with Crippen LogP contribution < -0.4 is 14.8 Å². The number of hydrogen-bond acceptors (Lipinski definition) is 8. The van der Waals surface area contributed by atoms with Gasteiger partial charge in [-0.25, -0.2) is 0 Å². The van der Waals surface area contributed by atoms with E-state index in [2.05, 4.69) is 20.4 Å². The Labute approximate surface area is 203 Å². The third kappa shape index (κ3) is 6.96. The number of amides is 1. The van der Waals surface area contributed by atoms with E-state index < -0.39 is 0 Å². The van der Waals surface area contributed by atoms with Crippen molar-refractivity contribution in [2.75, 3.05) is 52.3 Å². The molecule has 0 radical (unpaired) electrons. The molecule has 1 aliphatic heterocycles. The highest BCUT2D eigenvalue weighted by Gasteiger charge is 2.12. The van der Waals surface area contributed by atoms with Gasteiger partial charge in [0.15, 0.2) is 5.16 Å². The standard InChI is InChI=1S/C24H29N5O4S/c1-31-21-7-5-20(6-8-21)29-18-26-27-24(29)34-17-23(30)25-16-19-3-2-4-22(15-19)33-14-11-28-9-12-32-13-10-28/h2-8,15,18H,9-14,16-17H2,1H3,(H,25,30). The molecule has 1 saturated heterocycles. The summed E-state index contributed by atoms with van der Waals surface area (Å²) in [5.74, 6) is 1.75. The van der Waals surface area contributed by atoms with Crippen LogP contribution in [0.15, 0.2) is 60.0 Å². The molecule has 0 bridgehead atoms. The molecule has 4 rings (SSSR count). The summed E-state index contributed by atoms with van der Waals surface area (Å²) in [5, 5.41) is 11.7. The van der Waals surface area contributed by atoms with Crippen molar-refractivity contribution in [3.05, 3.63) is 60.4 Å². The Morgan fingerprint density at radius 1 is 1.15 bits per heavy atom. The Bertz CT molecular complexity index is 1050. The highest BCUT2D eigenvalue weighted by molar-refractivity contribution is 7.99. The fraction of sp³-hybridized carbons (Fsp3) is 0.375. The topological polar surface area (TPSA) is 90.7 Å². The molecule has 1 fully saturated rings. The van der Waals surface area contributed by atoms with Gasteiger partial charge >= 0.3 is 0 Å². The Hall–Kier alpha value is -3.08. The van der Waals surface area contributed by atoms with Crippen molar-refractivity contribution in [1.29, 1.82) is 0 Å². The molecule has 1 aliphatic rings. The van der Waals surface area contributed by atoms with Gasteiger partial charge in [-0.15, -0.1) is 10.2 Å². The summed E-state index contributed by atoms with van der Waals surface area (Å²) in [6.45, 7) is 5.41. The molecule has 0 saturated carbocycles. The fourth-order valence-corrected chi connectivity index (χ4v) is 4.25. The minimum atomic E-state index is -0.0760. The van der Waals surface area contributed by atoms with E-state index in [0.717, 1.165) is 55.6 Å². The molecule has 1 aromatic heterocycles. The summed E-state index contributed by atoms with van der Waals surface area (Å²) >= 11 is 1.34.